The van der Waals surface area contributed by atoms with Crippen LogP contribution in [-0.2, 0) is 12.8 Å². The molecule has 1 aliphatic carbocycles. The van der Waals surface area contributed by atoms with E-state index in [-0.39, 0.29) is 11.4 Å². The zero-order chi connectivity index (χ0) is 42.7. The van der Waals surface area contributed by atoms with E-state index in [0.29, 0.717) is 22.6 Å². The Balaban J connectivity index is 0.00000102. The molecule has 9 nitrogen and oxygen atoms in total. The van der Waals surface area contributed by atoms with Crippen LogP contribution in [0.25, 0.3) is 34.1 Å². The van der Waals surface area contributed by atoms with Crippen LogP contribution in [0.2, 0.25) is 0 Å². The molecule has 1 aliphatic heterocycles. The maximum absolute atomic E-state index is 14.8. The first-order valence-corrected chi connectivity index (χ1v) is 21.2. The topological polar surface area (TPSA) is 100 Å². The Hall–Kier alpha value is -5.45. The van der Waals surface area contributed by atoms with Crippen LogP contribution in [0, 0.1) is 11.2 Å². The molecular weight excluding hydrogens is 734 g/mol. The predicted octanol–water partition coefficient (Wildman–Crippen LogP) is 10.2. The van der Waals surface area contributed by atoms with Crippen molar-refractivity contribution < 1.29 is 4.39 Å². The summed E-state index contributed by atoms with van der Waals surface area (Å²) in [6.45, 7) is 30.0. The number of H-pyrrole nitrogens is 1. The fourth-order valence-electron chi connectivity index (χ4n) is 7.66. The minimum absolute atomic E-state index is 0.230. The molecule has 2 aromatic heterocycles. The number of allylic oxidation sites excluding steroid dienone is 4. The highest BCUT2D eigenvalue weighted by Gasteiger charge is 2.23. The van der Waals surface area contributed by atoms with Gasteiger partial charge in [0.05, 0.1) is 11.8 Å². The van der Waals surface area contributed by atoms with Crippen molar-refractivity contribution in [2.45, 2.75) is 78.7 Å². The summed E-state index contributed by atoms with van der Waals surface area (Å²) in [6.07, 6.45) is 19.5. The van der Waals surface area contributed by atoms with E-state index in [4.69, 9.17) is 10.4 Å². The number of aromatic amines is 1. The van der Waals surface area contributed by atoms with Gasteiger partial charge >= 0.3 is 0 Å². The SMILES string of the molecule is C=CNC=C.C=Cc1cccc(CCC(=C)CN2CCN(C3=CC=C(c4n[nH]c5cnc(-c6c(F)cccc6C=N)nc45)CC3)CC2)c1CCN(C)C(C)CCC.CC. The minimum atomic E-state index is -0.450. The summed E-state index contributed by atoms with van der Waals surface area (Å²) < 4.78 is 14.8. The van der Waals surface area contributed by atoms with Crippen molar-refractivity contribution >= 4 is 28.9 Å². The summed E-state index contributed by atoms with van der Waals surface area (Å²) >= 11 is 0. The maximum atomic E-state index is 14.8. The number of aryl methyl sites for hydroxylation is 1. The van der Waals surface area contributed by atoms with Gasteiger partial charge in [-0.2, -0.15) is 5.10 Å². The smallest absolute Gasteiger partial charge is 0.163 e. The number of halogens is 1. The zero-order valence-electron chi connectivity index (χ0n) is 36.2. The molecule has 0 amide bonds. The third-order valence-electron chi connectivity index (χ3n) is 11.1. The summed E-state index contributed by atoms with van der Waals surface area (Å²) in [4.78, 5) is 16.6. The quantitative estimate of drug-likeness (QED) is 0.0681. The van der Waals surface area contributed by atoms with E-state index < -0.39 is 5.82 Å². The number of nitrogens with one attached hydrogen (secondary N) is 3. The number of nitrogens with zero attached hydrogens (tertiary/aromatic N) is 6. The second-order valence-electron chi connectivity index (χ2n) is 14.9. The van der Waals surface area contributed by atoms with Crippen LogP contribution in [-0.4, -0.2) is 93.4 Å². The lowest BCUT2D eigenvalue weighted by Crippen LogP contribution is -2.46. The zero-order valence-corrected chi connectivity index (χ0v) is 36.2. The molecule has 2 aromatic carbocycles. The summed E-state index contributed by atoms with van der Waals surface area (Å²) in [5.74, 6) is -0.197. The molecule has 6 rings (SSSR count). The summed E-state index contributed by atoms with van der Waals surface area (Å²) in [5, 5.41) is 18.0. The van der Waals surface area contributed by atoms with E-state index in [1.54, 1.807) is 30.7 Å². The molecule has 0 saturated carbocycles. The molecule has 3 N–H and O–H groups in total. The molecule has 59 heavy (non-hydrogen) atoms. The first-order valence-electron chi connectivity index (χ1n) is 21.2. The third kappa shape index (κ3) is 12.5. The van der Waals surface area contributed by atoms with Crippen LogP contribution in [0.15, 0.2) is 105 Å². The maximum Gasteiger partial charge on any atom is 0.163 e. The first-order chi connectivity index (χ1) is 28.7. The number of hydrogen-bond donors (Lipinski definition) is 3. The van der Waals surface area contributed by atoms with Gasteiger partial charge in [0.1, 0.15) is 22.5 Å². The molecule has 1 fully saturated rings. The monoisotopic (exact) mass is 800 g/mol. The summed E-state index contributed by atoms with van der Waals surface area (Å²) in [7, 11) is 2.25. The Labute approximate surface area is 352 Å². The van der Waals surface area contributed by atoms with E-state index >= 15 is 0 Å². The highest BCUT2D eigenvalue weighted by molar-refractivity contribution is 5.91. The molecule has 0 spiro atoms. The van der Waals surface area contributed by atoms with Gasteiger partial charge in [0.2, 0.25) is 0 Å². The van der Waals surface area contributed by atoms with Crippen molar-refractivity contribution in [3.05, 3.63) is 138 Å². The van der Waals surface area contributed by atoms with Gasteiger partial charge in [-0.3, -0.25) is 10.00 Å². The van der Waals surface area contributed by atoms with Crippen LogP contribution < -0.4 is 5.32 Å². The number of likely N-dealkylation sites (N-methyl/N-ethyl adjacent to an activating group) is 1. The number of benzene rings is 2. The predicted molar refractivity (Wildman–Crippen MR) is 248 cm³/mol. The average Bonchev–Trinajstić information content (AvgIpc) is 3.69. The van der Waals surface area contributed by atoms with Crippen LogP contribution in [0.5, 0.6) is 0 Å². The summed E-state index contributed by atoms with van der Waals surface area (Å²) in [6, 6.07) is 11.9. The molecular formula is C49H66FN9. The van der Waals surface area contributed by atoms with Gasteiger partial charge in [0.15, 0.2) is 5.82 Å². The second kappa shape index (κ2) is 23.8. The molecule has 0 radical (unpaired) electrons. The van der Waals surface area contributed by atoms with E-state index in [1.165, 1.54) is 46.9 Å². The number of hydrogen-bond acceptors (Lipinski definition) is 8. The lowest BCUT2D eigenvalue weighted by Gasteiger charge is -2.38. The second-order valence-corrected chi connectivity index (χ2v) is 14.9. The minimum Gasteiger partial charge on any atom is -0.372 e. The fourth-order valence-corrected chi connectivity index (χ4v) is 7.66. The van der Waals surface area contributed by atoms with E-state index in [1.807, 2.05) is 19.9 Å². The van der Waals surface area contributed by atoms with E-state index in [9.17, 15) is 4.39 Å². The van der Waals surface area contributed by atoms with Crippen LogP contribution in [0.1, 0.15) is 87.7 Å². The van der Waals surface area contributed by atoms with Gasteiger partial charge in [0.25, 0.3) is 0 Å². The standard InChI is InChI=1S/C43H53FN8.C4H7N.C2H6/c1-6-10-31(4)50(5)22-21-37-32(7-2)11-8-12-33(37)16-15-30(3)29-51-23-25-52(26-24-51)36-19-17-34(18-20-36)41-42-39(48-49-41)28-46-43(47-42)40-35(27-45)13-9-14-38(40)44;1-3-5-4-2;1-2/h7-9,11-14,17,19,27-28,31,45H,2-3,6,10,15-16,18,20-26,29H2,1,4-5H3,(H,48,49);3-5H,1-2H2;1-2H3. The largest absolute Gasteiger partial charge is 0.372 e. The van der Waals surface area contributed by atoms with Gasteiger partial charge in [-0.1, -0.05) is 102 Å². The molecule has 4 aromatic rings. The molecule has 0 bridgehead atoms. The van der Waals surface area contributed by atoms with Crippen molar-refractivity contribution in [2.24, 2.45) is 0 Å². The molecule has 1 unspecified atom stereocenters. The Kier molecular flexibility index (Phi) is 18.7. The van der Waals surface area contributed by atoms with Crippen molar-refractivity contribution in [3.8, 4) is 11.4 Å². The van der Waals surface area contributed by atoms with Gasteiger partial charge in [-0.05, 0) is 99.3 Å². The third-order valence-corrected chi connectivity index (χ3v) is 11.1. The molecule has 1 atom stereocenters. The Morgan fingerprint density at radius 3 is 2.39 bits per heavy atom. The fraction of sp³-hybridized carbons (Fsp3) is 0.388. The van der Waals surface area contributed by atoms with Crippen molar-refractivity contribution in [2.75, 3.05) is 46.3 Å². The van der Waals surface area contributed by atoms with Crippen molar-refractivity contribution in [3.63, 3.8) is 0 Å². The van der Waals surface area contributed by atoms with Gasteiger partial charge < -0.3 is 20.5 Å². The molecule has 3 heterocycles. The van der Waals surface area contributed by atoms with Gasteiger partial charge in [-0.15, -0.1) is 0 Å². The van der Waals surface area contributed by atoms with Crippen LogP contribution >= 0.6 is 0 Å². The number of rotatable bonds is 18. The van der Waals surface area contributed by atoms with Gasteiger partial charge in [-0.25, -0.2) is 14.4 Å². The lowest BCUT2D eigenvalue weighted by atomic mass is 9.93. The average molecular weight is 800 g/mol. The highest BCUT2D eigenvalue weighted by Crippen LogP contribution is 2.32. The summed E-state index contributed by atoms with van der Waals surface area (Å²) in [5.41, 5.74) is 10.7. The first kappa shape index (κ1) is 46.2. The molecule has 2 aliphatic rings. The van der Waals surface area contributed by atoms with Crippen molar-refractivity contribution in [1.82, 2.24) is 40.2 Å². The van der Waals surface area contributed by atoms with E-state index in [2.05, 4.69) is 113 Å². The Morgan fingerprint density at radius 1 is 1.02 bits per heavy atom. The number of fused-ring (bicyclic) bond motifs is 1. The Bertz CT molecular complexity index is 2080. The van der Waals surface area contributed by atoms with E-state index in [0.717, 1.165) is 88.9 Å². The Morgan fingerprint density at radius 2 is 1.75 bits per heavy atom. The number of piperazine rings is 1. The van der Waals surface area contributed by atoms with Crippen LogP contribution in [0.3, 0.4) is 0 Å². The van der Waals surface area contributed by atoms with Gasteiger partial charge in [0, 0.05) is 62.8 Å². The molecule has 1 saturated heterocycles. The van der Waals surface area contributed by atoms with Crippen LogP contribution in [0.4, 0.5) is 4.39 Å². The molecule has 10 heteroatoms. The normalized spacial score (nSPS) is 14.5. The lowest BCUT2D eigenvalue weighted by molar-refractivity contribution is 0.165. The van der Waals surface area contributed by atoms with Crippen molar-refractivity contribution in [1.29, 1.82) is 5.41 Å². The number of aromatic nitrogens is 4. The molecule has 314 valence electrons. The highest BCUT2D eigenvalue weighted by atomic mass is 19.1.